The normalized spacial score (nSPS) is 9.93. The van der Waals surface area contributed by atoms with Gasteiger partial charge in [-0.3, -0.25) is 0 Å². The number of hydrogen-bond donors (Lipinski definition) is 0. The van der Waals surface area contributed by atoms with Gasteiger partial charge in [-0.25, -0.2) is 4.79 Å². The lowest BCUT2D eigenvalue weighted by Crippen LogP contribution is -2.14. The third-order valence-electron chi connectivity index (χ3n) is 1.27. The third kappa shape index (κ3) is 4.35. The molecule has 1 aromatic carbocycles. The van der Waals surface area contributed by atoms with Crippen molar-refractivity contribution in [3.05, 3.63) is 30.3 Å². The molecule has 0 heterocycles. The molecule has 0 saturated carbocycles. The van der Waals surface area contributed by atoms with E-state index in [0.29, 0.717) is 5.75 Å². The van der Waals surface area contributed by atoms with Crippen molar-refractivity contribution in [2.45, 2.75) is 4.84 Å². The zero-order valence-electron chi connectivity index (χ0n) is 7.15. The topological polar surface area (TPSA) is 35.5 Å². The van der Waals surface area contributed by atoms with Gasteiger partial charge >= 0.3 is 6.16 Å². The second-order valence-corrected chi connectivity index (χ2v) is 3.64. The highest BCUT2D eigenvalue weighted by Gasteiger charge is 2.07. The van der Waals surface area contributed by atoms with Gasteiger partial charge in [-0.1, -0.05) is 18.2 Å². The summed E-state index contributed by atoms with van der Waals surface area (Å²) in [4.78, 5) is 10.2. The van der Waals surface area contributed by atoms with Crippen molar-refractivity contribution in [1.29, 1.82) is 0 Å². The highest BCUT2D eigenvalue weighted by atomic mass is 35.5. The fourth-order valence-electron chi connectivity index (χ4n) is 0.745. The summed E-state index contributed by atoms with van der Waals surface area (Å²) in [7, 11) is 0. The zero-order chi connectivity index (χ0) is 10.4. The van der Waals surface area contributed by atoms with Crippen molar-refractivity contribution in [2.24, 2.45) is 0 Å². The SMILES string of the molecule is O=C(OCC(Cl)Cl)Oc1ccccc1. The monoisotopic (exact) mass is 234 g/mol. The molecule has 0 fully saturated rings. The Kier molecular flexibility index (Phi) is 4.56. The average Bonchev–Trinajstić information content (AvgIpc) is 2.16. The average molecular weight is 235 g/mol. The van der Waals surface area contributed by atoms with Crippen LogP contribution in [0.3, 0.4) is 0 Å². The Morgan fingerprint density at radius 2 is 1.93 bits per heavy atom. The lowest BCUT2D eigenvalue weighted by molar-refractivity contribution is 0.103. The second kappa shape index (κ2) is 5.73. The molecule has 0 aliphatic rings. The molecule has 0 aliphatic carbocycles. The molecule has 3 nitrogen and oxygen atoms in total. The van der Waals surface area contributed by atoms with Crippen molar-refractivity contribution in [2.75, 3.05) is 6.61 Å². The largest absolute Gasteiger partial charge is 0.513 e. The van der Waals surface area contributed by atoms with Crippen LogP contribution in [0, 0.1) is 0 Å². The highest BCUT2D eigenvalue weighted by molar-refractivity contribution is 6.44. The molecule has 1 aromatic rings. The van der Waals surface area contributed by atoms with E-state index in [1.807, 2.05) is 6.07 Å². The summed E-state index contributed by atoms with van der Waals surface area (Å²) in [5.74, 6) is 0.415. The molecule has 0 radical (unpaired) electrons. The minimum atomic E-state index is -0.817. The van der Waals surface area contributed by atoms with Crippen molar-refractivity contribution in [3.63, 3.8) is 0 Å². The number of rotatable bonds is 3. The number of alkyl halides is 2. The van der Waals surface area contributed by atoms with Crippen LogP contribution in [0.25, 0.3) is 0 Å². The summed E-state index contributed by atoms with van der Waals surface area (Å²) in [6.45, 7) is -0.0885. The van der Waals surface area contributed by atoms with Crippen molar-refractivity contribution < 1.29 is 14.3 Å². The van der Waals surface area contributed by atoms with E-state index >= 15 is 0 Å². The molecule has 5 heteroatoms. The highest BCUT2D eigenvalue weighted by Crippen LogP contribution is 2.10. The van der Waals surface area contributed by atoms with E-state index in [2.05, 4.69) is 4.74 Å². The Morgan fingerprint density at radius 3 is 2.50 bits per heavy atom. The predicted molar refractivity (Wildman–Crippen MR) is 53.9 cm³/mol. The van der Waals surface area contributed by atoms with E-state index in [9.17, 15) is 4.79 Å². The van der Waals surface area contributed by atoms with E-state index < -0.39 is 11.0 Å². The lowest BCUT2D eigenvalue weighted by Gasteiger charge is -2.05. The van der Waals surface area contributed by atoms with Crippen LogP contribution in [-0.4, -0.2) is 17.6 Å². The van der Waals surface area contributed by atoms with E-state index in [4.69, 9.17) is 27.9 Å². The molecular formula is C9H8Cl2O3. The third-order valence-corrected chi connectivity index (χ3v) is 1.52. The first-order chi connectivity index (χ1) is 6.68. The molecular weight excluding hydrogens is 227 g/mol. The molecule has 0 bridgehead atoms. The summed E-state index contributed by atoms with van der Waals surface area (Å²) < 4.78 is 9.37. The van der Waals surface area contributed by atoms with Gasteiger partial charge in [0.2, 0.25) is 0 Å². The Labute approximate surface area is 91.5 Å². The first-order valence-electron chi connectivity index (χ1n) is 3.86. The minimum absolute atomic E-state index is 0.0885. The van der Waals surface area contributed by atoms with Crippen LogP contribution >= 0.6 is 23.2 Å². The number of ether oxygens (including phenoxy) is 2. The van der Waals surface area contributed by atoms with Crippen LogP contribution in [0.2, 0.25) is 0 Å². The number of benzene rings is 1. The Hall–Kier alpha value is -0.930. The quantitative estimate of drug-likeness (QED) is 0.459. The van der Waals surface area contributed by atoms with Crippen LogP contribution in [-0.2, 0) is 4.74 Å². The first-order valence-corrected chi connectivity index (χ1v) is 4.73. The van der Waals surface area contributed by atoms with Gasteiger partial charge in [0.1, 0.15) is 17.2 Å². The molecule has 0 spiro atoms. The Balaban J connectivity index is 2.35. The van der Waals surface area contributed by atoms with Crippen LogP contribution < -0.4 is 4.74 Å². The number of hydrogen-bond acceptors (Lipinski definition) is 3. The smallest absolute Gasteiger partial charge is 0.431 e. The van der Waals surface area contributed by atoms with Gasteiger partial charge in [0.25, 0.3) is 0 Å². The molecule has 0 unspecified atom stereocenters. The van der Waals surface area contributed by atoms with Crippen LogP contribution in [0.4, 0.5) is 4.79 Å². The Bertz CT molecular complexity index is 287. The lowest BCUT2D eigenvalue weighted by atomic mass is 10.3. The maximum atomic E-state index is 11.0. The molecule has 0 amide bonds. The van der Waals surface area contributed by atoms with Gasteiger partial charge in [-0.05, 0) is 12.1 Å². The molecule has 1 rings (SSSR count). The first kappa shape index (κ1) is 11.1. The standard InChI is InChI=1S/C9H8Cl2O3/c10-8(11)6-13-9(12)14-7-4-2-1-3-5-7/h1-5,8H,6H2. The van der Waals surface area contributed by atoms with E-state index in [1.54, 1.807) is 24.3 Å². The fraction of sp³-hybridized carbons (Fsp3) is 0.222. The summed E-state index contributed by atoms with van der Waals surface area (Å²) >= 11 is 10.7. The summed E-state index contributed by atoms with van der Waals surface area (Å²) in [6, 6.07) is 8.58. The summed E-state index contributed by atoms with van der Waals surface area (Å²) in [6.07, 6.45) is -0.817. The molecule has 0 aromatic heterocycles. The van der Waals surface area contributed by atoms with Gasteiger partial charge < -0.3 is 9.47 Å². The van der Waals surface area contributed by atoms with Gasteiger partial charge in [0, 0.05) is 0 Å². The van der Waals surface area contributed by atoms with Gasteiger partial charge in [-0.2, -0.15) is 0 Å². The number of halogens is 2. The number of carbonyl (C=O) groups excluding carboxylic acids is 1. The summed E-state index contributed by atoms with van der Waals surface area (Å²) in [5, 5.41) is 0. The predicted octanol–water partition coefficient (Wildman–Crippen LogP) is 3.01. The van der Waals surface area contributed by atoms with Crippen LogP contribution in [0.15, 0.2) is 30.3 Å². The van der Waals surface area contributed by atoms with Gasteiger partial charge in [-0.15, -0.1) is 23.2 Å². The molecule has 0 N–H and O–H groups in total. The van der Waals surface area contributed by atoms with Gasteiger partial charge in [0.15, 0.2) is 0 Å². The van der Waals surface area contributed by atoms with Crippen molar-refractivity contribution in [3.8, 4) is 5.75 Å². The van der Waals surface area contributed by atoms with Crippen LogP contribution in [0.1, 0.15) is 0 Å². The zero-order valence-corrected chi connectivity index (χ0v) is 8.66. The fourth-order valence-corrected chi connectivity index (χ4v) is 0.871. The van der Waals surface area contributed by atoms with E-state index in [1.165, 1.54) is 0 Å². The molecule has 76 valence electrons. The minimum Gasteiger partial charge on any atom is -0.431 e. The van der Waals surface area contributed by atoms with Crippen molar-refractivity contribution >= 4 is 29.4 Å². The molecule has 0 aliphatic heterocycles. The number of carbonyl (C=O) groups is 1. The Morgan fingerprint density at radius 1 is 1.29 bits per heavy atom. The van der Waals surface area contributed by atoms with Gasteiger partial charge in [0.05, 0.1) is 0 Å². The molecule has 14 heavy (non-hydrogen) atoms. The summed E-state index contributed by atoms with van der Waals surface area (Å²) in [5.41, 5.74) is 0. The van der Waals surface area contributed by atoms with E-state index in [0.717, 1.165) is 0 Å². The molecule has 0 atom stereocenters. The van der Waals surface area contributed by atoms with E-state index in [-0.39, 0.29) is 6.61 Å². The number of para-hydroxylation sites is 1. The maximum Gasteiger partial charge on any atom is 0.513 e. The van der Waals surface area contributed by atoms with Crippen molar-refractivity contribution in [1.82, 2.24) is 0 Å². The molecule has 0 saturated heterocycles. The van der Waals surface area contributed by atoms with Crippen LogP contribution in [0.5, 0.6) is 5.75 Å². The second-order valence-electron chi connectivity index (χ2n) is 2.37. The maximum absolute atomic E-state index is 11.0.